The van der Waals surface area contributed by atoms with E-state index in [4.69, 9.17) is 4.74 Å². The molecule has 85 heavy (non-hydrogen) atoms. The maximum atomic E-state index is 12.5. The first-order chi connectivity index (χ1) is 42.0. The van der Waals surface area contributed by atoms with Gasteiger partial charge in [-0.15, -0.1) is 0 Å². The van der Waals surface area contributed by atoms with Crippen molar-refractivity contribution in [3.05, 3.63) is 12.2 Å². The quantitative estimate of drug-likeness (QED) is 0.0320. The van der Waals surface area contributed by atoms with Crippen LogP contribution in [0, 0.1) is 0 Å². The Balaban J connectivity index is 3.32. The molecule has 0 bridgehead atoms. The van der Waals surface area contributed by atoms with Gasteiger partial charge in [0.1, 0.15) is 0 Å². The summed E-state index contributed by atoms with van der Waals surface area (Å²) in [6.45, 7) is 4.96. The van der Waals surface area contributed by atoms with Gasteiger partial charge < -0.3 is 20.3 Å². The molecule has 0 aromatic carbocycles. The van der Waals surface area contributed by atoms with Gasteiger partial charge in [0.25, 0.3) is 0 Å². The fourth-order valence-corrected chi connectivity index (χ4v) is 12.8. The van der Waals surface area contributed by atoms with E-state index in [1.807, 2.05) is 6.08 Å². The van der Waals surface area contributed by atoms with E-state index in [0.717, 1.165) is 38.5 Å². The first-order valence-electron chi connectivity index (χ1n) is 39.5. The van der Waals surface area contributed by atoms with Crippen molar-refractivity contribution in [2.24, 2.45) is 0 Å². The Morgan fingerprint density at radius 3 is 0.800 bits per heavy atom. The second-order valence-electron chi connectivity index (χ2n) is 27.4. The minimum Gasteiger partial charge on any atom is -0.466 e. The number of amides is 1. The minimum absolute atomic E-state index is 0.0258. The van der Waals surface area contributed by atoms with Gasteiger partial charge in [-0.1, -0.05) is 424 Å². The number of aliphatic hydroxyl groups excluding tert-OH is 2. The van der Waals surface area contributed by atoms with Gasteiger partial charge in [-0.3, -0.25) is 9.59 Å². The number of allylic oxidation sites excluding steroid dienone is 1. The zero-order valence-electron chi connectivity index (χ0n) is 58.1. The average molecular weight is 1200 g/mol. The van der Waals surface area contributed by atoms with E-state index < -0.39 is 12.1 Å². The summed E-state index contributed by atoms with van der Waals surface area (Å²) in [5, 5.41) is 23.3. The maximum absolute atomic E-state index is 12.5. The third-order valence-electron chi connectivity index (χ3n) is 18.8. The molecular weight excluding hydrogens is 1040 g/mol. The number of aliphatic hydroxyl groups is 2. The highest BCUT2D eigenvalue weighted by Crippen LogP contribution is 2.20. The van der Waals surface area contributed by atoms with Gasteiger partial charge >= 0.3 is 5.97 Å². The van der Waals surface area contributed by atoms with Crippen LogP contribution in [0.4, 0.5) is 0 Å². The van der Waals surface area contributed by atoms with Crippen molar-refractivity contribution in [2.75, 3.05) is 13.2 Å². The van der Waals surface area contributed by atoms with Crippen molar-refractivity contribution in [1.29, 1.82) is 0 Å². The topological polar surface area (TPSA) is 95.9 Å². The SMILES string of the molecule is CCCCCCCCCCCCCCCCCCC/C=C/C(O)C(CO)NC(=O)CCCCCCCCCCCCCCCCCCCCCCCCCCCCCCCCCCCCCOC(=O)CCCCCCCCCCCCCCCC. The lowest BCUT2D eigenvalue weighted by Gasteiger charge is -2.20. The molecular formula is C79H155NO5. The van der Waals surface area contributed by atoms with Crippen LogP contribution < -0.4 is 5.32 Å². The predicted octanol–water partition coefficient (Wildman–Crippen LogP) is 25.9. The van der Waals surface area contributed by atoms with Crippen molar-refractivity contribution in [3.63, 3.8) is 0 Å². The number of unbranched alkanes of at least 4 members (excludes halogenated alkanes) is 64. The highest BCUT2D eigenvalue weighted by atomic mass is 16.5. The number of carbonyl (C=O) groups excluding carboxylic acids is 2. The lowest BCUT2D eigenvalue weighted by Crippen LogP contribution is -2.45. The Morgan fingerprint density at radius 2 is 0.541 bits per heavy atom. The highest BCUT2D eigenvalue weighted by Gasteiger charge is 2.18. The molecule has 6 heteroatoms. The molecule has 0 aromatic heterocycles. The molecule has 0 aliphatic heterocycles. The predicted molar refractivity (Wildman–Crippen MR) is 375 cm³/mol. The fourth-order valence-electron chi connectivity index (χ4n) is 12.8. The molecule has 0 saturated heterocycles. The van der Waals surface area contributed by atoms with Crippen molar-refractivity contribution >= 4 is 11.9 Å². The molecule has 0 rings (SSSR count). The van der Waals surface area contributed by atoms with E-state index in [1.54, 1.807) is 6.08 Å². The molecule has 2 atom stereocenters. The van der Waals surface area contributed by atoms with Crippen molar-refractivity contribution < 1.29 is 24.5 Å². The molecule has 0 aromatic rings. The summed E-state index contributed by atoms with van der Waals surface area (Å²) >= 11 is 0. The molecule has 2 unspecified atom stereocenters. The average Bonchev–Trinajstić information content (AvgIpc) is 3.51. The van der Waals surface area contributed by atoms with Crippen molar-refractivity contribution in [1.82, 2.24) is 5.32 Å². The number of carbonyl (C=O) groups is 2. The normalized spacial score (nSPS) is 12.5. The summed E-state index contributed by atoms with van der Waals surface area (Å²) < 4.78 is 5.50. The number of hydrogen-bond donors (Lipinski definition) is 3. The Labute approximate surface area is 533 Å². The molecule has 6 nitrogen and oxygen atoms in total. The summed E-state index contributed by atoms with van der Waals surface area (Å²) in [7, 11) is 0. The van der Waals surface area contributed by atoms with Crippen LogP contribution in [0.5, 0.6) is 0 Å². The standard InChI is InChI=1S/C79H155NO5/c1-3-5-7-9-11-13-15-17-19-20-38-41-44-47-51-55-59-63-67-71-77(82)76(75-81)80-78(83)72-68-64-60-56-52-48-45-42-39-36-34-32-30-28-26-24-22-21-23-25-27-29-31-33-35-37-40-43-46-50-54-58-62-66-70-74-85-79(84)73-69-65-61-57-53-49-18-16-14-12-10-8-6-4-2/h67,71,76-77,81-82H,3-66,68-70,72-75H2,1-2H3,(H,80,83)/b71-67+. The van der Waals surface area contributed by atoms with E-state index in [0.29, 0.717) is 19.4 Å². The van der Waals surface area contributed by atoms with E-state index in [9.17, 15) is 19.8 Å². The molecule has 0 heterocycles. The Bertz CT molecular complexity index is 1290. The van der Waals surface area contributed by atoms with Crippen LogP contribution in [-0.4, -0.2) is 47.4 Å². The first kappa shape index (κ1) is 83.6. The van der Waals surface area contributed by atoms with Gasteiger partial charge in [0.15, 0.2) is 0 Å². The van der Waals surface area contributed by atoms with Crippen LogP contribution >= 0.6 is 0 Å². The zero-order chi connectivity index (χ0) is 61.3. The van der Waals surface area contributed by atoms with Gasteiger partial charge in [-0.25, -0.2) is 0 Å². The number of nitrogens with one attached hydrogen (secondary N) is 1. The lowest BCUT2D eigenvalue weighted by atomic mass is 10.0. The number of hydrogen-bond acceptors (Lipinski definition) is 5. The summed E-state index contributed by atoms with van der Waals surface area (Å²) in [5.41, 5.74) is 0. The van der Waals surface area contributed by atoms with E-state index in [1.165, 1.54) is 392 Å². The minimum atomic E-state index is -0.841. The van der Waals surface area contributed by atoms with Crippen LogP contribution in [-0.2, 0) is 14.3 Å². The van der Waals surface area contributed by atoms with Crippen LogP contribution in [0.3, 0.4) is 0 Å². The molecule has 0 radical (unpaired) electrons. The molecule has 0 aliphatic rings. The molecule has 3 N–H and O–H groups in total. The van der Waals surface area contributed by atoms with Gasteiger partial charge in [0.05, 0.1) is 25.4 Å². The highest BCUT2D eigenvalue weighted by molar-refractivity contribution is 5.76. The van der Waals surface area contributed by atoms with Gasteiger partial charge in [-0.2, -0.15) is 0 Å². The van der Waals surface area contributed by atoms with Gasteiger partial charge in [-0.05, 0) is 32.1 Å². The maximum Gasteiger partial charge on any atom is 0.305 e. The number of esters is 1. The van der Waals surface area contributed by atoms with Crippen molar-refractivity contribution in [2.45, 2.75) is 469 Å². The summed E-state index contributed by atoms with van der Waals surface area (Å²) in [6, 6.07) is -0.624. The van der Waals surface area contributed by atoms with E-state index in [-0.39, 0.29) is 18.5 Å². The Kier molecular flexibility index (Phi) is 73.8. The molecule has 0 aliphatic carbocycles. The van der Waals surface area contributed by atoms with Crippen LogP contribution in [0.1, 0.15) is 457 Å². The summed E-state index contributed by atoms with van der Waals surface area (Å²) in [6.07, 6.45) is 94.8. The summed E-state index contributed by atoms with van der Waals surface area (Å²) in [5.74, 6) is -0.0322. The second kappa shape index (κ2) is 75.1. The van der Waals surface area contributed by atoms with E-state index in [2.05, 4.69) is 19.2 Å². The monoisotopic (exact) mass is 1200 g/mol. The fraction of sp³-hybridized carbons (Fsp3) is 0.949. The molecule has 0 spiro atoms. The van der Waals surface area contributed by atoms with E-state index >= 15 is 0 Å². The Morgan fingerprint density at radius 1 is 0.318 bits per heavy atom. The molecule has 1 amide bonds. The lowest BCUT2D eigenvalue weighted by molar-refractivity contribution is -0.143. The molecule has 506 valence electrons. The zero-order valence-corrected chi connectivity index (χ0v) is 58.1. The Hall–Kier alpha value is -1.40. The third-order valence-corrected chi connectivity index (χ3v) is 18.8. The summed E-state index contributed by atoms with van der Waals surface area (Å²) in [4.78, 5) is 24.6. The van der Waals surface area contributed by atoms with Crippen LogP contribution in [0.2, 0.25) is 0 Å². The number of ether oxygens (including phenoxy) is 1. The van der Waals surface area contributed by atoms with Gasteiger partial charge in [0, 0.05) is 12.8 Å². The third kappa shape index (κ3) is 71.6. The largest absolute Gasteiger partial charge is 0.466 e. The molecule has 0 saturated carbocycles. The smallest absolute Gasteiger partial charge is 0.305 e. The van der Waals surface area contributed by atoms with Crippen molar-refractivity contribution in [3.8, 4) is 0 Å². The second-order valence-corrected chi connectivity index (χ2v) is 27.4. The first-order valence-corrected chi connectivity index (χ1v) is 39.5. The molecule has 0 fully saturated rings. The number of rotatable bonds is 75. The van der Waals surface area contributed by atoms with Crippen LogP contribution in [0.15, 0.2) is 12.2 Å². The van der Waals surface area contributed by atoms with Gasteiger partial charge in [0.2, 0.25) is 5.91 Å². The van der Waals surface area contributed by atoms with Crippen LogP contribution in [0.25, 0.3) is 0 Å².